The fourth-order valence-corrected chi connectivity index (χ4v) is 1.91. The smallest absolute Gasteiger partial charge is 0.0591 e. The molecule has 1 fully saturated rings. The Labute approximate surface area is 110 Å². The van der Waals surface area contributed by atoms with Gasteiger partial charge in [-0.15, -0.1) is 0 Å². The highest BCUT2D eigenvalue weighted by Gasteiger charge is 2.20. The van der Waals surface area contributed by atoms with Crippen molar-refractivity contribution in [2.24, 2.45) is 5.92 Å². The molecule has 0 spiro atoms. The van der Waals surface area contributed by atoms with Gasteiger partial charge in [-0.1, -0.05) is 12.1 Å². The van der Waals surface area contributed by atoms with Gasteiger partial charge in [-0.2, -0.15) is 0 Å². The third-order valence-corrected chi connectivity index (χ3v) is 3.27. The first-order valence-corrected chi connectivity index (χ1v) is 6.97. The molecular weight excluding hydrogens is 224 g/mol. The summed E-state index contributed by atoms with van der Waals surface area (Å²) < 4.78 is 5.56. The standard InChI is InChI=1S/C15H24N2O/c16-15-7-5-13(6-8-15)2-1-9-17-10-11-18-12-14-3-4-14/h5-8,14,17H,1-4,9-12,16H2. The molecule has 3 N–H and O–H groups in total. The van der Waals surface area contributed by atoms with Crippen LogP contribution in [0.15, 0.2) is 24.3 Å². The minimum Gasteiger partial charge on any atom is -0.399 e. The summed E-state index contributed by atoms with van der Waals surface area (Å²) in [6.45, 7) is 3.83. The van der Waals surface area contributed by atoms with Crippen LogP contribution in [-0.2, 0) is 11.2 Å². The van der Waals surface area contributed by atoms with Crippen molar-refractivity contribution >= 4 is 5.69 Å². The normalized spacial score (nSPS) is 14.9. The summed E-state index contributed by atoms with van der Waals surface area (Å²) in [6, 6.07) is 8.14. The zero-order valence-electron chi connectivity index (χ0n) is 11.0. The van der Waals surface area contributed by atoms with Crippen molar-refractivity contribution in [2.75, 3.05) is 32.0 Å². The molecule has 0 aromatic heterocycles. The molecule has 1 saturated carbocycles. The molecule has 1 aliphatic rings. The van der Waals surface area contributed by atoms with Crippen LogP contribution in [0.1, 0.15) is 24.8 Å². The number of benzene rings is 1. The monoisotopic (exact) mass is 248 g/mol. The van der Waals surface area contributed by atoms with E-state index >= 15 is 0 Å². The van der Waals surface area contributed by atoms with Crippen molar-refractivity contribution in [3.63, 3.8) is 0 Å². The molecule has 100 valence electrons. The summed E-state index contributed by atoms with van der Waals surface area (Å²) in [4.78, 5) is 0. The molecule has 18 heavy (non-hydrogen) atoms. The van der Waals surface area contributed by atoms with Gasteiger partial charge in [-0.05, 0) is 55.8 Å². The summed E-state index contributed by atoms with van der Waals surface area (Å²) in [5, 5.41) is 3.41. The van der Waals surface area contributed by atoms with Crippen LogP contribution < -0.4 is 11.1 Å². The Bertz CT molecular complexity index is 333. The van der Waals surface area contributed by atoms with Crippen molar-refractivity contribution < 1.29 is 4.74 Å². The number of nitrogen functional groups attached to an aromatic ring is 1. The Morgan fingerprint density at radius 1 is 1.17 bits per heavy atom. The van der Waals surface area contributed by atoms with Crippen molar-refractivity contribution in [3.05, 3.63) is 29.8 Å². The van der Waals surface area contributed by atoms with E-state index in [1.165, 1.54) is 18.4 Å². The quantitative estimate of drug-likeness (QED) is 0.520. The SMILES string of the molecule is Nc1ccc(CCCNCCOCC2CC2)cc1. The summed E-state index contributed by atoms with van der Waals surface area (Å²) in [5.41, 5.74) is 7.84. The molecule has 0 bridgehead atoms. The van der Waals surface area contributed by atoms with Crippen LogP contribution in [0.25, 0.3) is 0 Å². The molecular formula is C15H24N2O. The average molecular weight is 248 g/mol. The summed E-state index contributed by atoms with van der Waals surface area (Å²) in [6.07, 6.45) is 5.01. The second-order valence-electron chi connectivity index (χ2n) is 5.11. The molecule has 1 aromatic carbocycles. The van der Waals surface area contributed by atoms with Gasteiger partial charge in [0.25, 0.3) is 0 Å². The molecule has 0 amide bonds. The van der Waals surface area contributed by atoms with E-state index in [-0.39, 0.29) is 0 Å². The van der Waals surface area contributed by atoms with E-state index in [0.717, 1.165) is 50.8 Å². The molecule has 1 aliphatic carbocycles. The minimum atomic E-state index is 0.838. The Morgan fingerprint density at radius 2 is 1.94 bits per heavy atom. The Kier molecular flexibility index (Phi) is 5.49. The van der Waals surface area contributed by atoms with Gasteiger partial charge >= 0.3 is 0 Å². The van der Waals surface area contributed by atoms with Gasteiger partial charge < -0.3 is 15.8 Å². The molecule has 1 aromatic rings. The lowest BCUT2D eigenvalue weighted by Crippen LogP contribution is -2.21. The van der Waals surface area contributed by atoms with Gasteiger partial charge in [0.15, 0.2) is 0 Å². The summed E-state index contributed by atoms with van der Waals surface area (Å²) >= 11 is 0. The highest BCUT2D eigenvalue weighted by Crippen LogP contribution is 2.28. The number of ether oxygens (including phenoxy) is 1. The average Bonchev–Trinajstić information content (AvgIpc) is 3.19. The molecule has 0 heterocycles. The first-order valence-electron chi connectivity index (χ1n) is 6.97. The molecule has 2 rings (SSSR count). The number of hydrogen-bond acceptors (Lipinski definition) is 3. The first kappa shape index (κ1) is 13.4. The van der Waals surface area contributed by atoms with Crippen molar-refractivity contribution in [3.8, 4) is 0 Å². The zero-order valence-corrected chi connectivity index (χ0v) is 11.0. The van der Waals surface area contributed by atoms with E-state index < -0.39 is 0 Å². The van der Waals surface area contributed by atoms with Crippen LogP contribution in [0.3, 0.4) is 0 Å². The van der Waals surface area contributed by atoms with Crippen LogP contribution in [-0.4, -0.2) is 26.3 Å². The first-order chi connectivity index (χ1) is 8.84. The maximum atomic E-state index is 5.65. The number of nitrogens with two attached hydrogens (primary N) is 1. The second kappa shape index (κ2) is 7.39. The van der Waals surface area contributed by atoms with E-state index in [1.807, 2.05) is 12.1 Å². The van der Waals surface area contributed by atoms with Crippen LogP contribution in [0, 0.1) is 5.92 Å². The minimum absolute atomic E-state index is 0.838. The maximum absolute atomic E-state index is 5.65. The number of anilines is 1. The van der Waals surface area contributed by atoms with Crippen LogP contribution in [0.4, 0.5) is 5.69 Å². The summed E-state index contributed by atoms with van der Waals surface area (Å²) in [5.74, 6) is 0.871. The van der Waals surface area contributed by atoms with Gasteiger partial charge in [-0.3, -0.25) is 0 Å². The van der Waals surface area contributed by atoms with E-state index in [0.29, 0.717) is 0 Å². The third kappa shape index (κ3) is 5.52. The number of hydrogen-bond donors (Lipinski definition) is 2. The topological polar surface area (TPSA) is 47.3 Å². The molecule has 3 nitrogen and oxygen atoms in total. The van der Waals surface area contributed by atoms with Gasteiger partial charge in [0.05, 0.1) is 6.61 Å². The Morgan fingerprint density at radius 3 is 2.67 bits per heavy atom. The zero-order chi connectivity index (χ0) is 12.6. The van der Waals surface area contributed by atoms with E-state index in [1.54, 1.807) is 0 Å². The molecule has 0 atom stereocenters. The fourth-order valence-electron chi connectivity index (χ4n) is 1.91. The molecule has 0 aliphatic heterocycles. The van der Waals surface area contributed by atoms with E-state index in [4.69, 9.17) is 10.5 Å². The van der Waals surface area contributed by atoms with Gasteiger partial charge in [-0.25, -0.2) is 0 Å². The van der Waals surface area contributed by atoms with Crippen LogP contribution >= 0.6 is 0 Å². The molecule has 0 saturated heterocycles. The summed E-state index contributed by atoms with van der Waals surface area (Å²) in [7, 11) is 0. The highest BCUT2D eigenvalue weighted by molar-refractivity contribution is 5.39. The lowest BCUT2D eigenvalue weighted by atomic mass is 10.1. The van der Waals surface area contributed by atoms with Crippen molar-refractivity contribution in [1.29, 1.82) is 0 Å². The van der Waals surface area contributed by atoms with Gasteiger partial charge in [0.1, 0.15) is 0 Å². The predicted molar refractivity (Wildman–Crippen MR) is 75.6 cm³/mol. The lowest BCUT2D eigenvalue weighted by Gasteiger charge is -2.06. The van der Waals surface area contributed by atoms with Gasteiger partial charge in [0.2, 0.25) is 0 Å². The van der Waals surface area contributed by atoms with E-state index in [2.05, 4.69) is 17.4 Å². The van der Waals surface area contributed by atoms with Crippen molar-refractivity contribution in [1.82, 2.24) is 5.32 Å². The van der Waals surface area contributed by atoms with Crippen LogP contribution in [0.2, 0.25) is 0 Å². The molecule has 0 radical (unpaired) electrons. The number of aryl methyl sites for hydroxylation is 1. The highest BCUT2D eigenvalue weighted by atomic mass is 16.5. The van der Waals surface area contributed by atoms with Gasteiger partial charge in [0, 0.05) is 18.8 Å². The predicted octanol–water partition coefficient (Wildman–Crippen LogP) is 2.22. The fraction of sp³-hybridized carbons (Fsp3) is 0.600. The van der Waals surface area contributed by atoms with E-state index in [9.17, 15) is 0 Å². The Hall–Kier alpha value is -1.06. The lowest BCUT2D eigenvalue weighted by molar-refractivity contribution is 0.126. The second-order valence-corrected chi connectivity index (χ2v) is 5.11. The number of rotatable bonds is 9. The largest absolute Gasteiger partial charge is 0.399 e. The van der Waals surface area contributed by atoms with Crippen molar-refractivity contribution in [2.45, 2.75) is 25.7 Å². The third-order valence-electron chi connectivity index (χ3n) is 3.27. The van der Waals surface area contributed by atoms with Crippen LogP contribution in [0.5, 0.6) is 0 Å². The molecule has 3 heteroatoms. The molecule has 0 unspecified atom stereocenters. The Balaban J connectivity index is 1.42. The number of nitrogens with one attached hydrogen (secondary N) is 1. The maximum Gasteiger partial charge on any atom is 0.0591 e.